The molecule has 0 fully saturated rings. The van der Waals surface area contributed by atoms with E-state index >= 15 is 0 Å². The average molecular weight is 1170 g/mol. The lowest BCUT2D eigenvalue weighted by Gasteiger charge is -2.21. The summed E-state index contributed by atoms with van der Waals surface area (Å²) in [5.74, 6) is 0. The lowest BCUT2D eigenvalue weighted by molar-refractivity contribution is 0.660. The van der Waals surface area contributed by atoms with E-state index in [4.69, 9.17) is 63.7 Å². The lowest BCUT2D eigenvalue weighted by Crippen LogP contribution is -2.14. The van der Waals surface area contributed by atoms with Gasteiger partial charge < -0.3 is 8.83 Å². The van der Waals surface area contributed by atoms with Crippen LogP contribution in [0.4, 0.5) is 0 Å². The molecule has 0 N–H and O–H groups in total. The van der Waals surface area contributed by atoms with Crippen molar-refractivity contribution >= 4 is 87.0 Å². The van der Waals surface area contributed by atoms with Crippen molar-refractivity contribution in [1.29, 1.82) is 0 Å². The van der Waals surface area contributed by atoms with E-state index in [1.807, 2.05) is 0 Å². The van der Waals surface area contributed by atoms with Crippen molar-refractivity contribution in [2.45, 2.75) is 19.1 Å². The van der Waals surface area contributed by atoms with E-state index in [2.05, 4.69) is 0 Å². The Morgan fingerprint density at radius 3 is 1.01 bits per heavy atom. The first kappa shape index (κ1) is 19.5. The molecule has 15 aromatic carbocycles. The maximum atomic E-state index is 9.85. The molecule has 2 heterocycles. The van der Waals surface area contributed by atoms with Crippen molar-refractivity contribution in [3.05, 3.63) is 313 Å². The van der Waals surface area contributed by atoms with Crippen LogP contribution >= 0.6 is 0 Å². The van der Waals surface area contributed by atoms with Gasteiger partial charge in [-0.1, -0.05) is 286 Å². The topological polar surface area (TPSA) is 26.3 Å². The standard InChI is InChI=1S/C47H32O.C38H24O/c1-47(2)41-22-11-10-15-33(41)40-27-30(24-26-42(40)47)32-20-12-21-39-34-25-23-31(28-43(34)48-46(32)39)45-37-18-8-6-16-35(37)44(29-13-4-3-5-14-29)36-17-7-9-19-38(36)45;1-3-12-25(13-4-1)28-20-11-21-34-29-23-22-27(24-35(29)39-38(28)34)37-32-18-9-7-16-30(32)36(26-14-5-2-6-15-26)31-17-8-10-19-33(31)37/h3-28H,1-2H3;1-24H/i1D3,2D3,3D,4D,5D,6D,7D,8D,9D,10D,11D,12D,13D,14D,15D,16D,17D,18D,19D,20D,21D,22D,23D,24D,25D,26D,27D,28D;1D,2D,3D,4D,5D,6D,7D,8D,9D,10D,11D,12D,13D,14D,15D,16D,17D,18D,19D,20D,21D,22D,23D,24D. The summed E-state index contributed by atoms with van der Waals surface area (Å²) in [6.07, 6.45) is 0. The smallest absolute Gasteiger partial charge is 0.143 e. The number of rotatable bonds is 6. The predicted molar refractivity (Wildman–Crippen MR) is 368 cm³/mol. The van der Waals surface area contributed by atoms with Crippen molar-refractivity contribution in [3.63, 3.8) is 0 Å². The molecule has 0 saturated carbocycles. The minimum absolute atomic E-state index is 0.471. The maximum Gasteiger partial charge on any atom is 0.143 e. The zero-order chi connectivity index (χ0) is 106. The van der Waals surface area contributed by atoms with Gasteiger partial charge in [0, 0.05) is 46.3 Å². The fourth-order valence-corrected chi connectivity index (χ4v) is 10.7. The molecule has 1 aliphatic carbocycles. The van der Waals surface area contributed by atoms with Gasteiger partial charge in [-0.2, -0.15) is 0 Å². The fraction of sp³-hybridized carbons (Fsp3) is 0.0353. The van der Waals surface area contributed by atoms with Crippen LogP contribution in [-0.4, -0.2) is 0 Å². The van der Waals surface area contributed by atoms with Crippen LogP contribution in [0.5, 0.6) is 0 Å². The third-order valence-corrected chi connectivity index (χ3v) is 14.4. The van der Waals surface area contributed by atoms with Gasteiger partial charge in [0.2, 0.25) is 0 Å². The third kappa shape index (κ3) is 8.02. The van der Waals surface area contributed by atoms with Gasteiger partial charge in [0.25, 0.3) is 0 Å². The molecule has 87 heavy (non-hydrogen) atoms. The van der Waals surface area contributed by atoms with Crippen LogP contribution in [0.1, 0.15) is 102 Å². The van der Waals surface area contributed by atoms with Crippen molar-refractivity contribution in [1.82, 2.24) is 0 Å². The number of furan rings is 2. The SMILES string of the molecule is [2H]c1c([2H])c([2H])c(-c2c([2H])c([2H])c([2H])c3c2oc2c([2H])c(-c4c5c([2H])c([2H])c([2H])c([2H])c5c(-c5c([2H])c([2H])c([2H])c([2H])c5[2H])c5c([2H])c([2H])c([2H])c([2H])c45)c([2H])c([2H])c23)c([2H])c1[2H].[2H]c1c([2H])c([2H])c(-c2c3c([2H])c([2H])c([2H])c([2H])c3c(-c3c([2H])c([2H])c4c(oc5c(-c6c([2H])c([2H])c7c(c6[2H])-c6c([2H])c([2H])c([2H])c([2H])c6C7(C([2H])([2H])[2H])C([2H])([2H])[2H])c([2H])c([2H])c([2H])c54)c3[2H])c3c([2H])c([2H])c([2H])c([2H])c23)c([2H])c1[2H]. The van der Waals surface area contributed by atoms with Crippen molar-refractivity contribution < 1.29 is 85.6 Å². The van der Waals surface area contributed by atoms with Crippen molar-refractivity contribution in [2.24, 2.45) is 0 Å². The molecule has 0 amide bonds. The van der Waals surface area contributed by atoms with Crippen LogP contribution in [0, 0.1) is 0 Å². The molecule has 0 bridgehead atoms. The summed E-state index contributed by atoms with van der Waals surface area (Å²) in [5.41, 5.74) is -19.2. The molecule has 0 aliphatic heterocycles. The van der Waals surface area contributed by atoms with E-state index in [-0.39, 0.29) is 0 Å². The summed E-state index contributed by atoms with van der Waals surface area (Å²) in [6.45, 7) is -7.61. The molecular weight excluding hydrogens is 1050 g/mol. The van der Waals surface area contributed by atoms with Crippen LogP contribution < -0.4 is 0 Å². The number of hydrogen-bond acceptors (Lipinski definition) is 2. The van der Waals surface area contributed by atoms with E-state index in [0.717, 1.165) is 0 Å². The van der Waals surface area contributed by atoms with Crippen molar-refractivity contribution in [3.8, 4) is 77.9 Å². The molecule has 1 aliphatic rings. The Kier molecular flexibility index (Phi) is 4.49. The summed E-state index contributed by atoms with van der Waals surface area (Å²) >= 11 is 0. The number of para-hydroxylation sites is 2. The largest absolute Gasteiger partial charge is 0.455 e. The number of fused-ring (bicyclic) bond motifs is 13. The molecule has 2 nitrogen and oxygen atoms in total. The van der Waals surface area contributed by atoms with Gasteiger partial charge in [0.15, 0.2) is 0 Å². The highest BCUT2D eigenvalue weighted by Crippen LogP contribution is 2.52. The van der Waals surface area contributed by atoms with Gasteiger partial charge in [0.1, 0.15) is 22.3 Å². The Balaban J connectivity index is 0.000000202. The fourth-order valence-electron chi connectivity index (χ4n) is 10.7. The Bertz CT molecular complexity index is 8700. The summed E-state index contributed by atoms with van der Waals surface area (Å²) in [6, 6.07) is -47.9. The quantitative estimate of drug-likeness (QED) is 0.155. The van der Waals surface area contributed by atoms with E-state index in [9.17, 15) is 21.9 Å². The average Bonchev–Trinajstić information content (AvgIpc) is 1.53. The van der Waals surface area contributed by atoms with E-state index in [0.29, 0.717) is 0 Å². The van der Waals surface area contributed by atoms with Gasteiger partial charge in [-0.25, -0.2) is 0 Å². The number of benzene rings is 15. The van der Waals surface area contributed by atoms with Crippen molar-refractivity contribution in [2.75, 3.05) is 0 Å². The highest BCUT2D eigenvalue weighted by molar-refractivity contribution is 6.24. The number of hydrogen-bond donors (Lipinski definition) is 0. The minimum Gasteiger partial charge on any atom is -0.455 e. The zero-order valence-electron chi connectivity index (χ0n) is 99.3. The molecule has 2 aromatic heterocycles. The summed E-state index contributed by atoms with van der Waals surface area (Å²) in [4.78, 5) is 0. The first-order chi connectivity index (χ1) is 66.2. The molecule has 18 rings (SSSR count). The van der Waals surface area contributed by atoms with Crippen LogP contribution in [0.25, 0.3) is 165 Å². The molecule has 2 heteroatoms. The van der Waals surface area contributed by atoms with Gasteiger partial charge in [-0.3, -0.25) is 0 Å². The lowest BCUT2D eigenvalue weighted by atomic mass is 9.82. The van der Waals surface area contributed by atoms with Gasteiger partial charge in [-0.15, -0.1) is 0 Å². The second kappa shape index (κ2) is 20.1. The van der Waals surface area contributed by atoms with Gasteiger partial charge in [-0.05, 0) is 151 Å². The van der Waals surface area contributed by atoms with Crippen LogP contribution in [0.15, 0.2) is 311 Å². The Morgan fingerprint density at radius 1 is 0.241 bits per heavy atom. The van der Waals surface area contributed by atoms with Gasteiger partial charge in [0.05, 0.1) is 68.5 Å². The van der Waals surface area contributed by atoms with Crippen LogP contribution in [0.3, 0.4) is 0 Å². The first-order valence-corrected chi connectivity index (χ1v) is 25.6. The molecule has 0 saturated heterocycles. The highest BCUT2D eigenvalue weighted by Gasteiger charge is 2.35. The Labute approximate surface area is 583 Å². The molecule has 17 aromatic rings. The molecular formula is C85H56O2. The van der Waals surface area contributed by atoms with Crippen LogP contribution in [0.2, 0.25) is 0 Å². The molecule has 0 spiro atoms. The highest BCUT2D eigenvalue weighted by atomic mass is 16.3. The van der Waals surface area contributed by atoms with E-state index < -0.39 is 497 Å². The second-order valence-electron chi connectivity index (χ2n) is 19.0. The molecule has 0 unspecified atom stereocenters. The normalized spacial score (nSPS) is 21.9. The Morgan fingerprint density at radius 2 is 0.575 bits per heavy atom. The predicted octanol–water partition coefficient (Wildman–Crippen LogP) is 24.1. The van der Waals surface area contributed by atoms with E-state index in [1.54, 1.807) is 0 Å². The molecule has 0 radical (unpaired) electrons. The Hall–Kier alpha value is -11.1. The summed E-state index contributed by atoms with van der Waals surface area (Å²) in [7, 11) is 0. The van der Waals surface area contributed by atoms with Gasteiger partial charge >= 0.3 is 0 Å². The molecule has 408 valence electrons. The van der Waals surface area contributed by atoms with E-state index in [1.165, 1.54) is 0 Å². The monoisotopic (exact) mass is 1160 g/mol. The first-order valence-electron chi connectivity index (χ1n) is 53.6. The minimum atomic E-state index is -3.80. The molecule has 0 atom stereocenters. The second-order valence-corrected chi connectivity index (χ2v) is 19.0. The summed E-state index contributed by atoms with van der Waals surface area (Å²) in [5, 5.41) is -7.86. The van der Waals surface area contributed by atoms with Crippen LogP contribution in [-0.2, 0) is 5.41 Å². The third-order valence-electron chi connectivity index (χ3n) is 14.4. The zero-order valence-corrected chi connectivity index (χ0v) is 43.3. The summed E-state index contributed by atoms with van der Waals surface area (Å²) < 4.78 is 510. The maximum absolute atomic E-state index is 9.85.